The number of hydrogen-bond donors (Lipinski definition) is 2. The number of carbonyl (C=O) groups excluding carboxylic acids is 1. The molecule has 3 fully saturated rings. The first-order valence-electron chi connectivity index (χ1n) is 12.4. The molecule has 0 aromatic carbocycles. The lowest BCUT2D eigenvalue weighted by atomic mass is 10.1. The topological polar surface area (TPSA) is 135 Å². The lowest BCUT2D eigenvalue weighted by molar-refractivity contribution is -0.199. The normalized spacial score (nSPS) is 30.4. The molecule has 0 unspecified atom stereocenters. The average molecular weight is 505 g/mol. The zero-order chi connectivity index (χ0) is 25.7. The quantitative estimate of drug-likeness (QED) is 0.619. The lowest BCUT2D eigenvalue weighted by Gasteiger charge is -2.37. The summed E-state index contributed by atoms with van der Waals surface area (Å²) >= 11 is 0. The van der Waals surface area contributed by atoms with E-state index in [1.807, 2.05) is 51.4 Å². The molecule has 5 atom stereocenters. The van der Waals surface area contributed by atoms with E-state index in [0.717, 1.165) is 5.39 Å². The van der Waals surface area contributed by atoms with Gasteiger partial charge in [0.1, 0.15) is 41.7 Å². The Hall–Kier alpha value is -2.51. The van der Waals surface area contributed by atoms with Gasteiger partial charge in [-0.1, -0.05) is 0 Å². The van der Waals surface area contributed by atoms with Crippen molar-refractivity contribution in [3.63, 3.8) is 0 Å². The minimum atomic E-state index is -0.741. The minimum Gasteiger partial charge on any atom is -0.444 e. The molecule has 0 bridgehead atoms. The molecule has 3 saturated heterocycles. The molecule has 0 radical (unpaired) electrons. The fourth-order valence-electron chi connectivity index (χ4n) is 5.09. The van der Waals surface area contributed by atoms with Gasteiger partial charge in [-0.25, -0.2) is 14.8 Å². The number of nitrogen functional groups attached to an aromatic ring is 1. The molecule has 2 aromatic heterocycles. The van der Waals surface area contributed by atoms with Crippen molar-refractivity contribution < 1.29 is 28.5 Å². The van der Waals surface area contributed by atoms with Gasteiger partial charge < -0.3 is 39.3 Å². The molecule has 3 N–H and O–H groups in total. The Bertz CT molecular complexity index is 1100. The van der Waals surface area contributed by atoms with Crippen molar-refractivity contribution in [3.8, 4) is 0 Å². The van der Waals surface area contributed by atoms with Crippen LogP contribution in [0.1, 0.15) is 40.8 Å². The molecule has 5 heterocycles. The van der Waals surface area contributed by atoms with Crippen LogP contribution >= 0.6 is 0 Å². The van der Waals surface area contributed by atoms with E-state index in [-0.39, 0.29) is 24.4 Å². The maximum Gasteiger partial charge on any atom is 0.407 e. The largest absolute Gasteiger partial charge is 0.444 e. The zero-order valence-electron chi connectivity index (χ0n) is 21.5. The molecule has 0 spiro atoms. The molecule has 0 saturated carbocycles. The van der Waals surface area contributed by atoms with E-state index >= 15 is 0 Å². The van der Waals surface area contributed by atoms with Crippen LogP contribution in [-0.4, -0.2) is 94.1 Å². The number of nitrogens with zero attached hydrogens (tertiary/aromatic N) is 4. The molecule has 0 aliphatic carbocycles. The molecule has 12 heteroatoms. The summed E-state index contributed by atoms with van der Waals surface area (Å²) in [6.07, 6.45) is 1.61. The third-order valence-electron chi connectivity index (χ3n) is 6.58. The fraction of sp³-hybridized carbons (Fsp3) is 0.708. The Morgan fingerprint density at radius 3 is 2.83 bits per heavy atom. The van der Waals surface area contributed by atoms with E-state index in [1.165, 1.54) is 6.33 Å². The van der Waals surface area contributed by atoms with E-state index in [1.54, 1.807) is 0 Å². The van der Waals surface area contributed by atoms with E-state index in [9.17, 15) is 4.79 Å². The maximum absolute atomic E-state index is 12.2. The predicted molar refractivity (Wildman–Crippen MR) is 130 cm³/mol. The summed E-state index contributed by atoms with van der Waals surface area (Å²) in [5.74, 6) is -0.322. The number of fused-ring (bicyclic) bond motifs is 2. The number of nitrogens with one attached hydrogen (secondary N) is 1. The molecule has 3 aliphatic rings. The Kier molecular flexibility index (Phi) is 6.58. The van der Waals surface area contributed by atoms with Crippen molar-refractivity contribution in [3.05, 3.63) is 18.6 Å². The van der Waals surface area contributed by atoms with E-state index in [2.05, 4.69) is 20.2 Å². The SMILES string of the molecule is CC(C)(C)OC(=O)NC[C@H]1COCCN1C[C@H]1O[C@@H](n2ccc3c(N)ncnc32)[C@@H]2OC(C)(C)O[C@@H]21. The van der Waals surface area contributed by atoms with Gasteiger partial charge in [-0.2, -0.15) is 0 Å². The van der Waals surface area contributed by atoms with Crippen LogP contribution in [0.25, 0.3) is 11.0 Å². The molecule has 12 nitrogen and oxygen atoms in total. The van der Waals surface area contributed by atoms with Gasteiger partial charge in [-0.05, 0) is 40.7 Å². The lowest BCUT2D eigenvalue weighted by Crippen LogP contribution is -2.54. The monoisotopic (exact) mass is 504 g/mol. The first-order valence-corrected chi connectivity index (χ1v) is 12.4. The number of rotatable bonds is 5. The maximum atomic E-state index is 12.2. The molecule has 2 aromatic rings. The summed E-state index contributed by atoms with van der Waals surface area (Å²) in [5, 5.41) is 3.63. The summed E-state index contributed by atoms with van der Waals surface area (Å²) in [4.78, 5) is 23.0. The second-order valence-corrected chi connectivity index (χ2v) is 11.0. The highest BCUT2D eigenvalue weighted by atomic mass is 16.8. The van der Waals surface area contributed by atoms with Gasteiger partial charge in [0.05, 0.1) is 24.6 Å². The van der Waals surface area contributed by atoms with Crippen LogP contribution < -0.4 is 11.1 Å². The second kappa shape index (κ2) is 9.42. The van der Waals surface area contributed by atoms with Crippen molar-refractivity contribution in [2.24, 2.45) is 0 Å². The Morgan fingerprint density at radius 1 is 1.28 bits per heavy atom. The number of anilines is 1. The van der Waals surface area contributed by atoms with Crippen LogP contribution in [-0.2, 0) is 23.7 Å². The molecule has 5 rings (SSSR count). The second-order valence-electron chi connectivity index (χ2n) is 11.0. The van der Waals surface area contributed by atoms with Crippen molar-refractivity contribution in [1.82, 2.24) is 24.8 Å². The van der Waals surface area contributed by atoms with Crippen molar-refractivity contribution in [2.75, 3.05) is 38.6 Å². The van der Waals surface area contributed by atoms with Gasteiger partial charge in [-0.15, -0.1) is 0 Å². The Morgan fingerprint density at radius 2 is 2.06 bits per heavy atom. The summed E-state index contributed by atoms with van der Waals surface area (Å²) in [7, 11) is 0. The van der Waals surface area contributed by atoms with E-state index in [4.69, 9.17) is 29.4 Å². The molecular formula is C24H36N6O6. The molecular weight excluding hydrogens is 468 g/mol. The van der Waals surface area contributed by atoms with Crippen LogP contribution in [0.15, 0.2) is 18.6 Å². The summed E-state index contributed by atoms with van der Waals surface area (Å²) < 4.78 is 32.2. The zero-order valence-corrected chi connectivity index (χ0v) is 21.5. The van der Waals surface area contributed by atoms with E-state index in [0.29, 0.717) is 44.3 Å². The van der Waals surface area contributed by atoms with Crippen LogP contribution in [0, 0.1) is 0 Å². The third kappa shape index (κ3) is 5.14. The Balaban J connectivity index is 1.32. The minimum absolute atomic E-state index is 0.0253. The number of nitrogens with two attached hydrogens (primary N) is 1. The molecule has 198 valence electrons. The van der Waals surface area contributed by atoms with Crippen LogP contribution in [0.3, 0.4) is 0 Å². The van der Waals surface area contributed by atoms with Gasteiger partial charge in [0, 0.05) is 25.8 Å². The van der Waals surface area contributed by atoms with E-state index < -0.39 is 23.7 Å². The first-order chi connectivity index (χ1) is 17.0. The smallest absolute Gasteiger partial charge is 0.407 e. The third-order valence-corrected chi connectivity index (χ3v) is 6.58. The van der Waals surface area contributed by atoms with Crippen molar-refractivity contribution in [2.45, 2.75) is 76.6 Å². The molecule has 3 aliphatic heterocycles. The standard InChI is InChI=1S/C24H36N6O6/c1-23(2,3)36-22(31)26-10-14-12-32-9-8-29(14)11-16-17-18(35-24(4,5)34-17)21(33-16)30-7-6-15-19(25)27-13-28-20(15)30/h6-7,13-14,16-18,21H,8-12H2,1-5H3,(H,26,31)(H2,25,27,28)/t14-,16+,17+,18+,21+/m0/s1. The van der Waals surface area contributed by atoms with Gasteiger partial charge in [-0.3, -0.25) is 4.90 Å². The number of carbonyl (C=O) groups is 1. The number of hydrogen-bond acceptors (Lipinski definition) is 10. The first kappa shape index (κ1) is 25.2. The van der Waals surface area contributed by atoms with Crippen LogP contribution in [0.2, 0.25) is 0 Å². The summed E-state index contributed by atoms with van der Waals surface area (Å²) in [6.45, 7) is 12.2. The Labute approximate surface area is 210 Å². The van der Waals surface area contributed by atoms with Gasteiger partial charge >= 0.3 is 6.09 Å². The summed E-state index contributed by atoms with van der Waals surface area (Å²) in [6, 6.07) is 1.86. The number of alkyl carbamates (subject to hydrolysis) is 1. The highest BCUT2D eigenvalue weighted by Gasteiger charge is 2.56. The van der Waals surface area contributed by atoms with Gasteiger partial charge in [0.15, 0.2) is 12.0 Å². The number of ether oxygens (including phenoxy) is 5. The number of aromatic nitrogens is 3. The van der Waals surface area contributed by atoms with Crippen molar-refractivity contribution >= 4 is 22.9 Å². The van der Waals surface area contributed by atoms with Crippen LogP contribution in [0.5, 0.6) is 0 Å². The van der Waals surface area contributed by atoms with Crippen LogP contribution in [0.4, 0.5) is 10.6 Å². The summed E-state index contributed by atoms with van der Waals surface area (Å²) in [5.41, 5.74) is 6.18. The highest BCUT2D eigenvalue weighted by molar-refractivity contribution is 5.86. The molecule has 36 heavy (non-hydrogen) atoms. The average Bonchev–Trinajstić information content (AvgIpc) is 3.44. The molecule has 1 amide bonds. The predicted octanol–water partition coefficient (Wildman–Crippen LogP) is 1.66. The number of morpholine rings is 1. The van der Waals surface area contributed by atoms with Gasteiger partial charge in [0.2, 0.25) is 0 Å². The number of amides is 1. The van der Waals surface area contributed by atoms with Crippen molar-refractivity contribution in [1.29, 1.82) is 0 Å². The van der Waals surface area contributed by atoms with Gasteiger partial charge in [0.25, 0.3) is 0 Å². The highest BCUT2D eigenvalue weighted by Crippen LogP contribution is 2.44. The fourth-order valence-corrected chi connectivity index (χ4v) is 5.09.